The van der Waals surface area contributed by atoms with Crippen LogP contribution in [0.25, 0.3) is 0 Å². The van der Waals surface area contributed by atoms with E-state index < -0.39 is 17.5 Å². The Morgan fingerprint density at radius 3 is 2.31 bits per heavy atom. The number of aliphatic carboxylic acids is 1. The molecule has 16 heavy (non-hydrogen) atoms. The first kappa shape index (κ1) is 13.8. The minimum Gasteiger partial charge on any atom is -0.481 e. The van der Waals surface area contributed by atoms with Gasteiger partial charge in [-0.05, 0) is 23.5 Å². The summed E-state index contributed by atoms with van der Waals surface area (Å²) in [4.78, 5) is 11.4. The maximum Gasteiger partial charge on any atom is 0.309 e. The zero-order valence-electron chi connectivity index (χ0n) is 10.5. The van der Waals surface area contributed by atoms with Crippen molar-refractivity contribution >= 4 is 17.7 Å². The second-order valence-corrected chi connectivity index (χ2v) is 6.78. The number of hydrogen-bond acceptors (Lipinski definition) is 3. The average Bonchev–Trinajstić information content (AvgIpc) is 2.09. The van der Waals surface area contributed by atoms with Crippen LogP contribution in [0.15, 0.2) is 0 Å². The van der Waals surface area contributed by atoms with E-state index in [1.807, 2.05) is 27.7 Å². The Morgan fingerprint density at radius 2 is 1.94 bits per heavy atom. The maximum absolute atomic E-state index is 11.4. The van der Waals surface area contributed by atoms with Gasteiger partial charge in [-0.3, -0.25) is 4.79 Å². The van der Waals surface area contributed by atoms with Crippen LogP contribution in [-0.2, 0) is 4.79 Å². The van der Waals surface area contributed by atoms with Gasteiger partial charge < -0.3 is 10.2 Å². The van der Waals surface area contributed by atoms with E-state index >= 15 is 0 Å². The standard InChI is InChI=1S/C12H22O3S/c1-8(2)9(10(13)14)12(15)7-16-6-5-11(12,3)4/h8-9,15H,5-7H2,1-4H3,(H,13,14). The number of carbonyl (C=O) groups is 1. The molecule has 1 saturated heterocycles. The Morgan fingerprint density at radius 1 is 1.38 bits per heavy atom. The topological polar surface area (TPSA) is 57.5 Å². The number of aliphatic hydroxyl groups is 1. The molecule has 0 radical (unpaired) electrons. The fourth-order valence-electron chi connectivity index (χ4n) is 2.52. The van der Waals surface area contributed by atoms with Crippen LogP contribution in [0.3, 0.4) is 0 Å². The van der Waals surface area contributed by atoms with Crippen LogP contribution in [-0.4, -0.2) is 33.3 Å². The van der Waals surface area contributed by atoms with Gasteiger partial charge in [-0.1, -0.05) is 27.7 Å². The summed E-state index contributed by atoms with van der Waals surface area (Å²) in [7, 11) is 0. The lowest BCUT2D eigenvalue weighted by molar-refractivity contribution is -0.167. The predicted octanol–water partition coefficient (Wildman–Crippen LogP) is 2.24. The van der Waals surface area contributed by atoms with E-state index in [-0.39, 0.29) is 11.3 Å². The van der Waals surface area contributed by atoms with E-state index in [1.54, 1.807) is 11.8 Å². The molecule has 0 saturated carbocycles. The molecule has 0 aromatic heterocycles. The van der Waals surface area contributed by atoms with Crippen molar-refractivity contribution in [2.24, 2.45) is 17.3 Å². The number of hydrogen-bond donors (Lipinski definition) is 2. The number of rotatable bonds is 3. The van der Waals surface area contributed by atoms with Crippen molar-refractivity contribution in [2.75, 3.05) is 11.5 Å². The summed E-state index contributed by atoms with van der Waals surface area (Å²) in [6.45, 7) is 7.69. The molecule has 2 unspecified atom stereocenters. The van der Waals surface area contributed by atoms with Gasteiger partial charge in [0.2, 0.25) is 0 Å². The molecule has 1 fully saturated rings. The van der Waals surface area contributed by atoms with E-state index in [9.17, 15) is 15.0 Å². The molecule has 94 valence electrons. The van der Waals surface area contributed by atoms with E-state index in [1.165, 1.54) is 0 Å². The zero-order chi connectivity index (χ0) is 12.6. The molecule has 2 N–H and O–H groups in total. The van der Waals surface area contributed by atoms with Gasteiger partial charge in [-0.25, -0.2) is 0 Å². The molecule has 0 aromatic carbocycles. The lowest BCUT2D eigenvalue weighted by Crippen LogP contribution is -2.58. The first-order valence-electron chi connectivity index (χ1n) is 5.75. The molecule has 1 heterocycles. The first-order chi connectivity index (χ1) is 7.22. The first-order valence-corrected chi connectivity index (χ1v) is 6.91. The van der Waals surface area contributed by atoms with Crippen LogP contribution in [0.5, 0.6) is 0 Å². The Balaban J connectivity index is 3.08. The molecule has 0 aromatic rings. The van der Waals surface area contributed by atoms with Crippen molar-refractivity contribution in [3.63, 3.8) is 0 Å². The second-order valence-electron chi connectivity index (χ2n) is 5.67. The fourth-order valence-corrected chi connectivity index (χ4v) is 4.20. The van der Waals surface area contributed by atoms with Gasteiger partial charge in [0.25, 0.3) is 0 Å². The summed E-state index contributed by atoms with van der Waals surface area (Å²) >= 11 is 1.65. The highest BCUT2D eigenvalue weighted by Crippen LogP contribution is 2.48. The Labute approximate surface area is 102 Å². The number of carboxylic acid groups (broad SMARTS) is 1. The Bertz CT molecular complexity index is 275. The molecule has 0 amide bonds. The third-order valence-corrected chi connectivity index (χ3v) is 4.95. The molecule has 3 nitrogen and oxygen atoms in total. The monoisotopic (exact) mass is 246 g/mol. The van der Waals surface area contributed by atoms with Crippen molar-refractivity contribution < 1.29 is 15.0 Å². The molecule has 0 aliphatic carbocycles. The summed E-state index contributed by atoms with van der Waals surface area (Å²) in [5.74, 6) is -0.0987. The molecule has 0 spiro atoms. The average molecular weight is 246 g/mol. The molecule has 2 atom stereocenters. The largest absolute Gasteiger partial charge is 0.481 e. The summed E-state index contributed by atoms with van der Waals surface area (Å²) in [5.41, 5.74) is -1.43. The van der Waals surface area contributed by atoms with Crippen molar-refractivity contribution in [3.05, 3.63) is 0 Å². The molecular formula is C12H22O3S. The van der Waals surface area contributed by atoms with Gasteiger partial charge >= 0.3 is 5.97 Å². The quantitative estimate of drug-likeness (QED) is 0.802. The molecule has 4 heteroatoms. The Kier molecular flexibility index (Phi) is 3.95. The lowest BCUT2D eigenvalue weighted by atomic mass is 9.64. The van der Waals surface area contributed by atoms with Gasteiger partial charge in [0.1, 0.15) is 0 Å². The van der Waals surface area contributed by atoms with Gasteiger partial charge in [0, 0.05) is 5.75 Å². The molecular weight excluding hydrogens is 224 g/mol. The van der Waals surface area contributed by atoms with Crippen molar-refractivity contribution in [2.45, 2.75) is 39.7 Å². The highest BCUT2D eigenvalue weighted by molar-refractivity contribution is 7.99. The molecule has 1 aliphatic rings. The van der Waals surface area contributed by atoms with Crippen LogP contribution in [0.1, 0.15) is 34.1 Å². The molecule has 0 bridgehead atoms. The van der Waals surface area contributed by atoms with Crippen LogP contribution in [0, 0.1) is 17.3 Å². The zero-order valence-corrected chi connectivity index (χ0v) is 11.3. The van der Waals surface area contributed by atoms with Crippen molar-refractivity contribution in [3.8, 4) is 0 Å². The van der Waals surface area contributed by atoms with E-state index in [4.69, 9.17) is 0 Å². The van der Waals surface area contributed by atoms with Crippen LogP contribution in [0.4, 0.5) is 0 Å². The molecule has 1 aliphatic heterocycles. The third-order valence-electron chi connectivity index (χ3n) is 3.81. The summed E-state index contributed by atoms with van der Waals surface area (Å²) in [6.07, 6.45) is 0.866. The van der Waals surface area contributed by atoms with Gasteiger partial charge in [0.05, 0.1) is 11.5 Å². The van der Waals surface area contributed by atoms with Crippen LogP contribution < -0.4 is 0 Å². The summed E-state index contributed by atoms with van der Waals surface area (Å²) < 4.78 is 0. The van der Waals surface area contributed by atoms with E-state index in [0.29, 0.717) is 5.75 Å². The van der Waals surface area contributed by atoms with E-state index in [2.05, 4.69) is 0 Å². The minimum absolute atomic E-state index is 0.0551. The number of thioether (sulfide) groups is 1. The van der Waals surface area contributed by atoms with Crippen molar-refractivity contribution in [1.82, 2.24) is 0 Å². The summed E-state index contributed by atoms with van der Waals surface area (Å²) in [5, 5.41) is 20.1. The minimum atomic E-state index is -1.10. The van der Waals surface area contributed by atoms with Gasteiger partial charge in [-0.15, -0.1) is 0 Å². The highest BCUT2D eigenvalue weighted by Gasteiger charge is 2.54. The second kappa shape index (κ2) is 4.57. The predicted molar refractivity (Wildman–Crippen MR) is 66.6 cm³/mol. The highest BCUT2D eigenvalue weighted by atomic mass is 32.2. The van der Waals surface area contributed by atoms with Gasteiger partial charge in [-0.2, -0.15) is 11.8 Å². The van der Waals surface area contributed by atoms with Gasteiger partial charge in [0.15, 0.2) is 0 Å². The van der Waals surface area contributed by atoms with Crippen LogP contribution in [0.2, 0.25) is 0 Å². The maximum atomic E-state index is 11.4. The van der Waals surface area contributed by atoms with Crippen LogP contribution >= 0.6 is 11.8 Å². The SMILES string of the molecule is CC(C)C(C(=O)O)C1(O)CSCCC1(C)C. The molecule has 1 rings (SSSR count). The number of carboxylic acids is 1. The lowest BCUT2D eigenvalue weighted by Gasteiger charge is -2.50. The van der Waals surface area contributed by atoms with E-state index in [0.717, 1.165) is 12.2 Å². The fraction of sp³-hybridized carbons (Fsp3) is 0.917. The normalized spacial score (nSPS) is 31.4. The smallest absolute Gasteiger partial charge is 0.309 e. The Hall–Kier alpha value is -0.220. The summed E-state index contributed by atoms with van der Waals surface area (Å²) in [6, 6.07) is 0. The van der Waals surface area contributed by atoms with Crippen molar-refractivity contribution in [1.29, 1.82) is 0 Å². The third kappa shape index (κ3) is 2.23.